The number of hydrogen-bond donors (Lipinski definition) is 1. The topological polar surface area (TPSA) is 38.9 Å². The van der Waals surface area contributed by atoms with Crippen molar-refractivity contribution in [1.82, 2.24) is 4.98 Å². The molecule has 2 N–H and O–H groups in total. The minimum Gasteiger partial charge on any atom is -0.327 e. The summed E-state index contributed by atoms with van der Waals surface area (Å²) < 4.78 is 0. The quantitative estimate of drug-likeness (QED) is 0.865. The number of rotatable bonds is 4. The molecule has 2 aromatic rings. The van der Waals surface area contributed by atoms with E-state index in [1.165, 1.54) is 9.75 Å². The van der Waals surface area contributed by atoms with E-state index in [0.29, 0.717) is 0 Å². The van der Waals surface area contributed by atoms with Crippen LogP contribution in [0.3, 0.4) is 0 Å². The third-order valence-electron chi connectivity index (χ3n) is 1.99. The third-order valence-corrected chi connectivity index (χ3v) is 3.69. The van der Waals surface area contributed by atoms with E-state index in [1.807, 2.05) is 11.7 Å². The molecule has 0 aliphatic carbocycles. The summed E-state index contributed by atoms with van der Waals surface area (Å²) in [6.45, 7) is 0. The van der Waals surface area contributed by atoms with E-state index in [0.717, 1.165) is 12.8 Å². The average Bonchev–Trinajstić information content (AvgIpc) is 2.76. The maximum Gasteiger partial charge on any atom is 0.0794 e. The fraction of sp³-hybridized carbons (Fsp3) is 0.300. The number of thiophene rings is 1. The van der Waals surface area contributed by atoms with Gasteiger partial charge < -0.3 is 5.73 Å². The molecule has 0 spiro atoms. The fourth-order valence-corrected chi connectivity index (χ4v) is 2.85. The second-order valence-electron chi connectivity index (χ2n) is 3.22. The standard InChI is InChI=1S/C10H12N2S2/c11-8(4-9-2-1-3-13-9)5-10-6-12-7-14-10/h1-3,6-8H,4-5,11H2. The Labute approximate surface area is 91.4 Å². The van der Waals surface area contributed by atoms with E-state index < -0.39 is 0 Å². The molecule has 4 heteroatoms. The molecule has 0 fully saturated rings. The van der Waals surface area contributed by atoms with Gasteiger partial charge in [0.25, 0.3) is 0 Å². The Balaban J connectivity index is 1.88. The van der Waals surface area contributed by atoms with Gasteiger partial charge in [0, 0.05) is 22.0 Å². The van der Waals surface area contributed by atoms with Gasteiger partial charge >= 0.3 is 0 Å². The summed E-state index contributed by atoms with van der Waals surface area (Å²) in [6, 6.07) is 4.42. The van der Waals surface area contributed by atoms with E-state index in [4.69, 9.17) is 5.73 Å². The van der Waals surface area contributed by atoms with Crippen LogP contribution in [0.15, 0.2) is 29.2 Å². The van der Waals surface area contributed by atoms with E-state index in [2.05, 4.69) is 22.5 Å². The zero-order valence-electron chi connectivity index (χ0n) is 7.72. The highest BCUT2D eigenvalue weighted by Crippen LogP contribution is 2.14. The first-order valence-corrected chi connectivity index (χ1v) is 6.26. The first kappa shape index (κ1) is 9.83. The van der Waals surface area contributed by atoms with Gasteiger partial charge in [-0.05, 0) is 24.3 Å². The van der Waals surface area contributed by atoms with E-state index in [9.17, 15) is 0 Å². The van der Waals surface area contributed by atoms with Crippen LogP contribution in [0, 0.1) is 0 Å². The highest BCUT2D eigenvalue weighted by Gasteiger charge is 2.06. The van der Waals surface area contributed by atoms with Crippen LogP contribution in [0.2, 0.25) is 0 Å². The monoisotopic (exact) mass is 224 g/mol. The molecule has 1 unspecified atom stereocenters. The zero-order valence-corrected chi connectivity index (χ0v) is 9.35. The molecule has 2 heterocycles. The molecular weight excluding hydrogens is 212 g/mol. The maximum atomic E-state index is 6.04. The van der Waals surface area contributed by atoms with E-state index >= 15 is 0 Å². The summed E-state index contributed by atoms with van der Waals surface area (Å²) in [5, 5.41) is 2.09. The molecule has 0 saturated carbocycles. The normalized spacial score (nSPS) is 12.9. The zero-order chi connectivity index (χ0) is 9.80. The Morgan fingerprint density at radius 2 is 2.14 bits per heavy atom. The predicted molar refractivity (Wildman–Crippen MR) is 61.8 cm³/mol. The molecule has 0 aromatic carbocycles. The summed E-state index contributed by atoms with van der Waals surface area (Å²) in [7, 11) is 0. The summed E-state index contributed by atoms with van der Waals surface area (Å²) in [6.07, 6.45) is 3.80. The van der Waals surface area contributed by atoms with Gasteiger partial charge in [0.2, 0.25) is 0 Å². The highest BCUT2D eigenvalue weighted by atomic mass is 32.1. The van der Waals surface area contributed by atoms with Crippen LogP contribution in [0.1, 0.15) is 9.75 Å². The Morgan fingerprint density at radius 3 is 2.79 bits per heavy atom. The van der Waals surface area contributed by atoms with Crippen LogP contribution in [-0.4, -0.2) is 11.0 Å². The third kappa shape index (κ3) is 2.64. The molecule has 14 heavy (non-hydrogen) atoms. The lowest BCUT2D eigenvalue weighted by Crippen LogP contribution is -2.24. The molecule has 2 rings (SSSR count). The molecule has 2 aromatic heterocycles. The largest absolute Gasteiger partial charge is 0.327 e. The SMILES string of the molecule is NC(Cc1cccs1)Cc1cncs1. The van der Waals surface area contributed by atoms with Crippen molar-refractivity contribution in [1.29, 1.82) is 0 Å². The summed E-state index contributed by atoms with van der Waals surface area (Å²) in [5.41, 5.74) is 7.90. The summed E-state index contributed by atoms with van der Waals surface area (Å²) in [4.78, 5) is 6.67. The van der Waals surface area contributed by atoms with Crippen molar-refractivity contribution in [3.63, 3.8) is 0 Å². The second-order valence-corrected chi connectivity index (χ2v) is 5.22. The molecule has 0 bridgehead atoms. The lowest BCUT2D eigenvalue weighted by Gasteiger charge is -2.07. The van der Waals surface area contributed by atoms with Crippen molar-refractivity contribution in [3.8, 4) is 0 Å². The minimum absolute atomic E-state index is 0.217. The van der Waals surface area contributed by atoms with Crippen molar-refractivity contribution in [2.24, 2.45) is 5.73 Å². The highest BCUT2D eigenvalue weighted by molar-refractivity contribution is 7.10. The number of nitrogens with zero attached hydrogens (tertiary/aromatic N) is 1. The van der Waals surface area contributed by atoms with Gasteiger partial charge in [-0.25, -0.2) is 0 Å². The van der Waals surface area contributed by atoms with Gasteiger partial charge in [-0.3, -0.25) is 4.98 Å². The average molecular weight is 224 g/mol. The van der Waals surface area contributed by atoms with Crippen molar-refractivity contribution in [3.05, 3.63) is 39.0 Å². The molecule has 0 radical (unpaired) electrons. The number of thiazole rings is 1. The van der Waals surface area contributed by atoms with Crippen molar-refractivity contribution < 1.29 is 0 Å². The number of aromatic nitrogens is 1. The van der Waals surface area contributed by atoms with Crippen molar-refractivity contribution in [2.45, 2.75) is 18.9 Å². The van der Waals surface area contributed by atoms with Crippen molar-refractivity contribution in [2.75, 3.05) is 0 Å². The lowest BCUT2D eigenvalue weighted by molar-refractivity contribution is 0.676. The molecule has 0 aliphatic rings. The maximum absolute atomic E-state index is 6.04. The molecular formula is C10H12N2S2. The van der Waals surface area contributed by atoms with E-state index in [-0.39, 0.29) is 6.04 Å². The number of hydrogen-bond acceptors (Lipinski definition) is 4. The minimum atomic E-state index is 0.217. The van der Waals surface area contributed by atoms with Crippen molar-refractivity contribution >= 4 is 22.7 Å². The molecule has 0 aliphatic heterocycles. The fourth-order valence-electron chi connectivity index (χ4n) is 1.36. The predicted octanol–water partition coefficient (Wildman–Crippen LogP) is 2.32. The Kier molecular flexibility index (Phi) is 3.29. The number of nitrogens with two attached hydrogens (primary N) is 1. The van der Waals surface area contributed by atoms with Gasteiger partial charge in [0.1, 0.15) is 0 Å². The van der Waals surface area contributed by atoms with Crippen LogP contribution in [-0.2, 0) is 12.8 Å². The van der Waals surface area contributed by atoms with Gasteiger partial charge in [0.05, 0.1) is 5.51 Å². The second kappa shape index (κ2) is 4.68. The van der Waals surface area contributed by atoms with Crippen LogP contribution < -0.4 is 5.73 Å². The van der Waals surface area contributed by atoms with Gasteiger partial charge in [-0.1, -0.05) is 6.07 Å². The Hall–Kier alpha value is -0.710. The van der Waals surface area contributed by atoms with Crippen LogP contribution in [0.4, 0.5) is 0 Å². The lowest BCUT2D eigenvalue weighted by atomic mass is 10.1. The summed E-state index contributed by atoms with van der Waals surface area (Å²) >= 11 is 3.45. The first-order valence-electron chi connectivity index (χ1n) is 4.50. The van der Waals surface area contributed by atoms with E-state index in [1.54, 1.807) is 22.7 Å². The van der Waals surface area contributed by atoms with Gasteiger partial charge in [-0.15, -0.1) is 22.7 Å². The Morgan fingerprint density at radius 1 is 1.29 bits per heavy atom. The molecule has 0 amide bonds. The van der Waals surface area contributed by atoms with Crippen LogP contribution in [0.5, 0.6) is 0 Å². The van der Waals surface area contributed by atoms with Gasteiger partial charge in [-0.2, -0.15) is 0 Å². The first-order chi connectivity index (χ1) is 6.84. The summed E-state index contributed by atoms with van der Waals surface area (Å²) in [5.74, 6) is 0. The molecule has 2 nitrogen and oxygen atoms in total. The smallest absolute Gasteiger partial charge is 0.0794 e. The molecule has 74 valence electrons. The van der Waals surface area contributed by atoms with Crippen LogP contribution >= 0.6 is 22.7 Å². The molecule has 1 atom stereocenters. The Bertz CT molecular complexity index is 317. The van der Waals surface area contributed by atoms with Gasteiger partial charge in [0.15, 0.2) is 0 Å². The molecule has 0 saturated heterocycles. The van der Waals surface area contributed by atoms with Crippen LogP contribution in [0.25, 0.3) is 0 Å².